The van der Waals surface area contributed by atoms with E-state index in [0.717, 1.165) is 25.2 Å². The van der Waals surface area contributed by atoms with E-state index in [4.69, 9.17) is 0 Å². The van der Waals surface area contributed by atoms with Gasteiger partial charge in [0.05, 0.1) is 0 Å². The summed E-state index contributed by atoms with van der Waals surface area (Å²) in [6.07, 6.45) is 0. The Morgan fingerprint density at radius 1 is 1.17 bits per heavy atom. The van der Waals surface area contributed by atoms with Crippen LogP contribution in [0.2, 0.25) is 0 Å². The summed E-state index contributed by atoms with van der Waals surface area (Å²) in [6, 6.07) is 4.33. The first-order chi connectivity index (χ1) is 8.56. The van der Waals surface area contributed by atoms with E-state index in [1.54, 1.807) is 6.07 Å². The zero-order valence-electron chi connectivity index (χ0n) is 11.3. The van der Waals surface area contributed by atoms with Gasteiger partial charge in [0.2, 0.25) is 0 Å². The van der Waals surface area contributed by atoms with Crippen LogP contribution < -0.4 is 5.32 Å². The summed E-state index contributed by atoms with van der Waals surface area (Å²) in [5, 5.41) is 3.31. The third-order valence-electron chi connectivity index (χ3n) is 3.07. The molecule has 0 aliphatic heterocycles. The minimum Gasteiger partial charge on any atom is -0.309 e. The van der Waals surface area contributed by atoms with Crippen molar-refractivity contribution in [1.29, 1.82) is 0 Å². The van der Waals surface area contributed by atoms with Crippen LogP contribution in [0.15, 0.2) is 18.2 Å². The molecule has 0 bridgehead atoms. The van der Waals surface area contributed by atoms with Crippen molar-refractivity contribution in [2.24, 2.45) is 0 Å². The lowest BCUT2D eigenvalue weighted by molar-refractivity contribution is 0.270. The Morgan fingerprint density at radius 3 is 2.39 bits per heavy atom. The van der Waals surface area contributed by atoms with Gasteiger partial charge in [-0.25, -0.2) is 8.78 Å². The fraction of sp³-hybridized carbons (Fsp3) is 0.571. The first-order valence-electron chi connectivity index (χ1n) is 6.46. The van der Waals surface area contributed by atoms with Gasteiger partial charge in [0.25, 0.3) is 0 Å². The predicted molar refractivity (Wildman–Crippen MR) is 70.4 cm³/mol. The van der Waals surface area contributed by atoms with Gasteiger partial charge in [-0.3, -0.25) is 0 Å². The molecule has 0 amide bonds. The summed E-state index contributed by atoms with van der Waals surface area (Å²) in [6.45, 7) is 9.91. The smallest absolute Gasteiger partial charge is 0.159 e. The highest BCUT2D eigenvalue weighted by atomic mass is 19.2. The lowest BCUT2D eigenvalue weighted by atomic mass is 10.2. The molecular weight excluding hydrogens is 234 g/mol. The molecule has 1 aromatic carbocycles. The van der Waals surface area contributed by atoms with E-state index in [9.17, 15) is 8.78 Å². The fourth-order valence-corrected chi connectivity index (χ4v) is 1.88. The van der Waals surface area contributed by atoms with Crippen LogP contribution in [-0.4, -0.2) is 30.6 Å². The Morgan fingerprint density at radius 2 is 1.83 bits per heavy atom. The third-order valence-corrected chi connectivity index (χ3v) is 3.07. The molecule has 0 saturated heterocycles. The van der Waals surface area contributed by atoms with E-state index in [1.165, 1.54) is 12.1 Å². The summed E-state index contributed by atoms with van der Waals surface area (Å²) in [5.41, 5.74) is 0.764. The Labute approximate surface area is 108 Å². The van der Waals surface area contributed by atoms with Gasteiger partial charge >= 0.3 is 0 Å². The van der Waals surface area contributed by atoms with E-state index in [0.29, 0.717) is 12.6 Å². The molecule has 0 aliphatic rings. The number of hydrogen-bond donors (Lipinski definition) is 1. The second kappa shape index (κ2) is 7.44. The van der Waals surface area contributed by atoms with Crippen LogP contribution in [0.5, 0.6) is 0 Å². The van der Waals surface area contributed by atoms with Crippen molar-refractivity contribution in [2.75, 3.05) is 19.6 Å². The van der Waals surface area contributed by atoms with Crippen molar-refractivity contribution >= 4 is 0 Å². The first-order valence-corrected chi connectivity index (χ1v) is 6.46. The lowest BCUT2D eigenvalue weighted by Gasteiger charge is -2.23. The molecular formula is C14H22F2N2. The molecule has 0 radical (unpaired) electrons. The van der Waals surface area contributed by atoms with Crippen molar-refractivity contribution < 1.29 is 8.78 Å². The number of likely N-dealkylation sites (N-methyl/N-ethyl adjacent to an activating group) is 1. The van der Waals surface area contributed by atoms with Crippen molar-refractivity contribution in [3.8, 4) is 0 Å². The molecule has 18 heavy (non-hydrogen) atoms. The van der Waals surface area contributed by atoms with E-state index in [2.05, 4.69) is 31.0 Å². The molecule has 1 unspecified atom stereocenters. The zero-order valence-corrected chi connectivity index (χ0v) is 11.3. The summed E-state index contributed by atoms with van der Waals surface area (Å²) >= 11 is 0. The molecule has 0 aromatic heterocycles. The average Bonchev–Trinajstić information content (AvgIpc) is 2.37. The van der Waals surface area contributed by atoms with Gasteiger partial charge in [0.1, 0.15) is 0 Å². The number of nitrogens with one attached hydrogen (secondary N) is 1. The normalized spacial score (nSPS) is 13.0. The number of nitrogens with zero attached hydrogens (tertiary/aromatic N) is 1. The van der Waals surface area contributed by atoms with Gasteiger partial charge in [0, 0.05) is 19.1 Å². The van der Waals surface area contributed by atoms with Crippen LogP contribution in [0.25, 0.3) is 0 Å². The Balaban J connectivity index is 2.42. The third kappa shape index (κ3) is 4.70. The molecule has 102 valence electrons. The van der Waals surface area contributed by atoms with Crippen LogP contribution in [0.4, 0.5) is 8.78 Å². The Hall–Kier alpha value is -1.00. The maximum Gasteiger partial charge on any atom is 0.159 e. The van der Waals surface area contributed by atoms with Crippen LogP contribution in [0.1, 0.15) is 26.3 Å². The van der Waals surface area contributed by atoms with E-state index >= 15 is 0 Å². The maximum absolute atomic E-state index is 13.0. The second-order valence-corrected chi connectivity index (χ2v) is 4.52. The summed E-state index contributed by atoms with van der Waals surface area (Å²) in [4.78, 5) is 2.32. The topological polar surface area (TPSA) is 15.3 Å². The van der Waals surface area contributed by atoms with Crippen molar-refractivity contribution in [1.82, 2.24) is 10.2 Å². The van der Waals surface area contributed by atoms with Gasteiger partial charge < -0.3 is 10.2 Å². The van der Waals surface area contributed by atoms with Gasteiger partial charge in [-0.1, -0.05) is 19.9 Å². The zero-order chi connectivity index (χ0) is 13.5. The van der Waals surface area contributed by atoms with Crippen LogP contribution in [-0.2, 0) is 6.54 Å². The maximum atomic E-state index is 13.0. The molecule has 1 N–H and O–H groups in total. The van der Waals surface area contributed by atoms with Gasteiger partial charge in [-0.15, -0.1) is 0 Å². The minimum atomic E-state index is -0.796. The first kappa shape index (κ1) is 15.1. The molecule has 0 fully saturated rings. The Kier molecular flexibility index (Phi) is 6.22. The Bertz CT molecular complexity index is 365. The number of halogens is 2. The average molecular weight is 256 g/mol. The van der Waals surface area contributed by atoms with Gasteiger partial charge in [-0.05, 0) is 37.7 Å². The molecule has 1 rings (SSSR count). The van der Waals surface area contributed by atoms with E-state index < -0.39 is 11.6 Å². The molecule has 1 atom stereocenters. The van der Waals surface area contributed by atoms with Gasteiger partial charge in [-0.2, -0.15) is 0 Å². The molecule has 0 spiro atoms. The van der Waals surface area contributed by atoms with E-state index in [1.807, 2.05) is 0 Å². The van der Waals surface area contributed by atoms with Gasteiger partial charge in [0.15, 0.2) is 11.6 Å². The standard InChI is InChI=1S/C14H22F2N2/c1-4-18(5-2)10-11(3)17-9-12-6-7-13(15)14(16)8-12/h6-8,11,17H,4-5,9-10H2,1-3H3. The quantitative estimate of drug-likeness (QED) is 0.807. The van der Waals surface area contributed by atoms with Crippen molar-refractivity contribution in [2.45, 2.75) is 33.4 Å². The number of hydrogen-bond acceptors (Lipinski definition) is 2. The fourth-order valence-electron chi connectivity index (χ4n) is 1.88. The molecule has 1 aromatic rings. The largest absolute Gasteiger partial charge is 0.309 e. The highest BCUT2D eigenvalue weighted by Gasteiger charge is 2.07. The minimum absolute atomic E-state index is 0.318. The molecule has 0 heterocycles. The highest BCUT2D eigenvalue weighted by molar-refractivity contribution is 5.17. The SMILES string of the molecule is CCN(CC)CC(C)NCc1ccc(F)c(F)c1. The summed E-state index contributed by atoms with van der Waals surface area (Å²) < 4.78 is 25.8. The van der Waals surface area contributed by atoms with Crippen molar-refractivity contribution in [3.63, 3.8) is 0 Å². The second-order valence-electron chi connectivity index (χ2n) is 4.52. The lowest BCUT2D eigenvalue weighted by Crippen LogP contribution is -2.38. The highest BCUT2D eigenvalue weighted by Crippen LogP contribution is 2.08. The molecule has 4 heteroatoms. The van der Waals surface area contributed by atoms with Crippen LogP contribution in [0, 0.1) is 11.6 Å². The van der Waals surface area contributed by atoms with Crippen LogP contribution in [0.3, 0.4) is 0 Å². The molecule has 0 aliphatic carbocycles. The number of benzene rings is 1. The monoisotopic (exact) mass is 256 g/mol. The molecule has 2 nitrogen and oxygen atoms in total. The predicted octanol–water partition coefficient (Wildman–Crippen LogP) is 2.78. The summed E-state index contributed by atoms with van der Waals surface area (Å²) in [5.74, 6) is -1.58. The van der Waals surface area contributed by atoms with Crippen molar-refractivity contribution in [3.05, 3.63) is 35.4 Å². The molecule has 0 saturated carbocycles. The number of rotatable bonds is 7. The summed E-state index contributed by atoms with van der Waals surface area (Å²) in [7, 11) is 0. The van der Waals surface area contributed by atoms with Crippen LogP contribution >= 0.6 is 0 Å². The van der Waals surface area contributed by atoms with E-state index in [-0.39, 0.29) is 0 Å².